The summed E-state index contributed by atoms with van der Waals surface area (Å²) in [5.74, 6) is 0.593. The molecule has 0 amide bonds. The normalized spacial score (nSPS) is 16.8. The number of halogens is 2. The summed E-state index contributed by atoms with van der Waals surface area (Å²) < 4.78 is 1.72. The van der Waals surface area contributed by atoms with Crippen molar-refractivity contribution in [2.45, 2.75) is 31.3 Å². The fourth-order valence-corrected chi connectivity index (χ4v) is 3.83. The number of hydrogen-bond acceptors (Lipinski definition) is 2. The van der Waals surface area contributed by atoms with E-state index in [0.29, 0.717) is 11.6 Å². The first-order valence-electron chi connectivity index (χ1n) is 6.74. The summed E-state index contributed by atoms with van der Waals surface area (Å²) in [6, 6.07) is 10.1. The number of benzene rings is 1. The minimum atomic E-state index is -0.686. The van der Waals surface area contributed by atoms with Crippen LogP contribution in [-0.2, 0) is 0 Å². The minimum absolute atomic E-state index is 0.593. The maximum absolute atomic E-state index is 10.7. The molecular formula is C16H15Br2NO. The third kappa shape index (κ3) is 2.69. The monoisotopic (exact) mass is 395 g/mol. The molecule has 2 aromatic rings. The second-order valence-electron chi connectivity index (χ2n) is 5.18. The lowest BCUT2D eigenvalue weighted by Gasteiger charge is -2.29. The highest BCUT2D eigenvalue weighted by molar-refractivity contribution is 9.11. The Bertz CT molecular complexity index is 626. The van der Waals surface area contributed by atoms with Crippen LogP contribution in [0.2, 0.25) is 0 Å². The van der Waals surface area contributed by atoms with Gasteiger partial charge in [0.15, 0.2) is 0 Å². The number of nitrogens with zero attached hydrogens (tertiary/aromatic N) is 1. The highest BCUT2D eigenvalue weighted by atomic mass is 79.9. The van der Waals surface area contributed by atoms with E-state index in [4.69, 9.17) is 0 Å². The van der Waals surface area contributed by atoms with Gasteiger partial charge in [-0.2, -0.15) is 0 Å². The van der Waals surface area contributed by atoms with Gasteiger partial charge in [-0.15, -0.1) is 0 Å². The average Bonchev–Trinajstić information content (AvgIpc) is 2.37. The van der Waals surface area contributed by atoms with Gasteiger partial charge in [-0.1, -0.05) is 30.7 Å². The molecular weight excluding hydrogens is 382 g/mol. The number of aromatic nitrogens is 1. The first kappa shape index (κ1) is 14.2. The zero-order valence-corrected chi connectivity index (χ0v) is 14.1. The van der Waals surface area contributed by atoms with Gasteiger partial charge in [0.05, 0.1) is 5.69 Å². The van der Waals surface area contributed by atoms with Crippen LogP contribution in [0.1, 0.15) is 48.1 Å². The molecule has 1 fully saturated rings. The van der Waals surface area contributed by atoms with Crippen molar-refractivity contribution >= 4 is 31.9 Å². The Morgan fingerprint density at radius 3 is 2.60 bits per heavy atom. The number of aliphatic hydroxyl groups excluding tert-OH is 1. The highest BCUT2D eigenvalue weighted by Crippen LogP contribution is 2.41. The molecule has 1 aromatic carbocycles. The molecule has 1 atom stereocenters. The Balaban J connectivity index is 1.99. The minimum Gasteiger partial charge on any atom is -0.382 e. The molecule has 1 unspecified atom stereocenters. The molecule has 0 radical (unpaired) electrons. The molecule has 2 nitrogen and oxygen atoms in total. The van der Waals surface area contributed by atoms with Crippen LogP contribution in [0.15, 0.2) is 45.5 Å². The summed E-state index contributed by atoms with van der Waals surface area (Å²) in [5, 5.41) is 10.7. The quantitative estimate of drug-likeness (QED) is 0.795. The largest absolute Gasteiger partial charge is 0.382 e. The number of hydrogen-bond donors (Lipinski definition) is 1. The Morgan fingerprint density at radius 2 is 1.95 bits per heavy atom. The maximum Gasteiger partial charge on any atom is 0.122 e. The van der Waals surface area contributed by atoms with Crippen molar-refractivity contribution in [3.05, 3.63) is 62.3 Å². The van der Waals surface area contributed by atoms with E-state index in [1.165, 1.54) is 24.8 Å². The number of aliphatic hydroxyl groups is 1. The van der Waals surface area contributed by atoms with Crippen LogP contribution in [-0.4, -0.2) is 10.1 Å². The van der Waals surface area contributed by atoms with Gasteiger partial charge in [0.25, 0.3) is 0 Å². The lowest BCUT2D eigenvalue weighted by molar-refractivity contribution is 0.211. The van der Waals surface area contributed by atoms with Gasteiger partial charge in [-0.05, 0) is 67.8 Å². The second-order valence-corrected chi connectivity index (χ2v) is 6.95. The molecule has 1 aliphatic rings. The van der Waals surface area contributed by atoms with Gasteiger partial charge in [0, 0.05) is 15.1 Å². The lowest BCUT2D eigenvalue weighted by atomic mass is 9.77. The van der Waals surface area contributed by atoms with Crippen molar-refractivity contribution < 1.29 is 5.11 Å². The Hall–Kier alpha value is -0.710. The predicted molar refractivity (Wildman–Crippen MR) is 86.7 cm³/mol. The number of pyridine rings is 1. The van der Waals surface area contributed by atoms with Gasteiger partial charge in [0.2, 0.25) is 0 Å². The van der Waals surface area contributed by atoms with Crippen molar-refractivity contribution in [3.8, 4) is 0 Å². The van der Waals surface area contributed by atoms with Crippen LogP contribution >= 0.6 is 31.9 Å². The molecule has 0 bridgehead atoms. The lowest BCUT2D eigenvalue weighted by Crippen LogP contribution is -2.14. The Morgan fingerprint density at radius 1 is 1.20 bits per heavy atom. The van der Waals surface area contributed by atoms with E-state index in [1.54, 1.807) is 6.20 Å². The summed E-state index contributed by atoms with van der Waals surface area (Å²) >= 11 is 6.87. The zero-order valence-electron chi connectivity index (χ0n) is 10.9. The van der Waals surface area contributed by atoms with Crippen molar-refractivity contribution in [2.24, 2.45) is 0 Å². The topological polar surface area (TPSA) is 33.1 Å². The predicted octanol–water partition coefficient (Wildman–Crippen LogP) is 4.96. The molecule has 3 rings (SSSR count). The molecule has 104 valence electrons. The van der Waals surface area contributed by atoms with Gasteiger partial charge in [-0.25, -0.2) is 0 Å². The highest BCUT2D eigenvalue weighted by Gasteiger charge is 2.26. The summed E-state index contributed by atoms with van der Waals surface area (Å²) in [5.41, 5.74) is 2.91. The van der Waals surface area contributed by atoms with Crippen molar-refractivity contribution in [2.75, 3.05) is 0 Å². The zero-order chi connectivity index (χ0) is 14.1. The van der Waals surface area contributed by atoms with Crippen LogP contribution in [0.4, 0.5) is 0 Å². The number of rotatable bonds is 3. The van der Waals surface area contributed by atoms with Crippen LogP contribution in [0.5, 0.6) is 0 Å². The molecule has 0 saturated heterocycles. The van der Waals surface area contributed by atoms with Gasteiger partial charge >= 0.3 is 0 Å². The van der Waals surface area contributed by atoms with E-state index in [-0.39, 0.29) is 0 Å². The first-order chi connectivity index (χ1) is 9.66. The van der Waals surface area contributed by atoms with Crippen molar-refractivity contribution in [1.29, 1.82) is 0 Å². The summed E-state index contributed by atoms with van der Waals surface area (Å²) in [7, 11) is 0. The average molecular weight is 397 g/mol. The summed E-state index contributed by atoms with van der Waals surface area (Å²) in [6.07, 6.45) is 4.76. The van der Waals surface area contributed by atoms with Crippen molar-refractivity contribution in [3.63, 3.8) is 0 Å². The molecule has 0 aliphatic heterocycles. The van der Waals surface area contributed by atoms with Gasteiger partial charge in [0.1, 0.15) is 6.10 Å². The first-order valence-corrected chi connectivity index (χ1v) is 8.33. The molecule has 4 heteroatoms. The van der Waals surface area contributed by atoms with Crippen LogP contribution in [0.3, 0.4) is 0 Å². The molecule has 0 spiro atoms. The van der Waals surface area contributed by atoms with Crippen molar-refractivity contribution in [1.82, 2.24) is 4.98 Å². The van der Waals surface area contributed by atoms with Gasteiger partial charge in [-0.3, -0.25) is 4.98 Å². The molecule has 1 N–H and O–H groups in total. The smallest absolute Gasteiger partial charge is 0.122 e. The van der Waals surface area contributed by atoms with E-state index in [2.05, 4.69) is 42.9 Å². The third-order valence-electron chi connectivity index (χ3n) is 3.93. The van der Waals surface area contributed by atoms with Crippen LogP contribution in [0, 0.1) is 0 Å². The van der Waals surface area contributed by atoms with Gasteiger partial charge < -0.3 is 5.11 Å². The van der Waals surface area contributed by atoms with E-state index in [9.17, 15) is 5.11 Å². The fraction of sp³-hybridized carbons (Fsp3) is 0.312. The molecule has 1 heterocycles. The second kappa shape index (κ2) is 5.96. The van der Waals surface area contributed by atoms with E-state index >= 15 is 0 Å². The molecule has 20 heavy (non-hydrogen) atoms. The standard InChI is InChI=1S/C16H15Br2NO/c17-11-8-14(18)15(19-9-11)16(20)13-7-2-1-6-12(13)10-4-3-5-10/h1-2,6-10,16,20H,3-5H2. The SMILES string of the molecule is OC(c1ccccc1C1CCC1)c1ncc(Br)cc1Br. The summed E-state index contributed by atoms with van der Waals surface area (Å²) in [6.45, 7) is 0. The van der Waals surface area contributed by atoms with E-state index in [0.717, 1.165) is 14.5 Å². The van der Waals surface area contributed by atoms with E-state index < -0.39 is 6.10 Å². The van der Waals surface area contributed by atoms with Crippen LogP contribution in [0.25, 0.3) is 0 Å². The molecule has 1 aromatic heterocycles. The summed E-state index contributed by atoms with van der Waals surface area (Å²) in [4.78, 5) is 4.35. The fourth-order valence-electron chi connectivity index (χ4n) is 2.62. The maximum atomic E-state index is 10.7. The van der Waals surface area contributed by atoms with Crippen LogP contribution < -0.4 is 0 Å². The Kier molecular flexibility index (Phi) is 4.24. The third-order valence-corrected chi connectivity index (χ3v) is 5.00. The molecule has 1 aliphatic carbocycles. The molecule has 1 saturated carbocycles. The van der Waals surface area contributed by atoms with E-state index in [1.807, 2.05) is 24.3 Å². The Labute approximate surface area is 135 Å².